The molecule has 0 saturated carbocycles. The lowest BCUT2D eigenvalue weighted by Gasteiger charge is -2.00. The van der Waals surface area contributed by atoms with Crippen molar-refractivity contribution in [1.82, 2.24) is 14.6 Å². The van der Waals surface area contributed by atoms with E-state index in [9.17, 15) is 0 Å². The van der Waals surface area contributed by atoms with Gasteiger partial charge >= 0.3 is 0 Å². The van der Waals surface area contributed by atoms with E-state index in [0.29, 0.717) is 0 Å². The quantitative estimate of drug-likeness (QED) is 0.634. The Morgan fingerprint density at radius 1 is 1.06 bits per heavy atom. The van der Waals surface area contributed by atoms with Crippen molar-refractivity contribution in [2.75, 3.05) is 0 Å². The molecule has 0 saturated heterocycles. The lowest BCUT2D eigenvalue weighted by molar-refractivity contribution is 0.884. The Balaban J connectivity index is 2.24. The van der Waals surface area contributed by atoms with Crippen LogP contribution in [0.3, 0.4) is 0 Å². The van der Waals surface area contributed by atoms with E-state index in [0.717, 1.165) is 28.2 Å². The van der Waals surface area contributed by atoms with Crippen LogP contribution in [0.25, 0.3) is 16.9 Å². The van der Waals surface area contributed by atoms with Gasteiger partial charge in [0, 0.05) is 23.5 Å². The molecule has 0 N–H and O–H groups in total. The highest BCUT2D eigenvalue weighted by Gasteiger charge is 2.07. The number of benzene rings is 1. The zero-order chi connectivity index (χ0) is 11.8. The highest BCUT2D eigenvalue weighted by atomic mass is 15.3. The normalized spacial score (nSPS) is 10.9. The lowest BCUT2D eigenvalue weighted by Crippen LogP contribution is -1.97. The highest BCUT2D eigenvalue weighted by Crippen LogP contribution is 2.19. The summed E-state index contributed by atoms with van der Waals surface area (Å²) in [5.41, 5.74) is 5.27. The molecular weight excluding hydrogens is 210 g/mol. The Labute approximate surface area is 99.7 Å². The molecule has 0 unspecified atom stereocenters. The van der Waals surface area contributed by atoms with Crippen LogP contribution in [0.2, 0.25) is 0 Å². The SMILES string of the molecule is Cc1cnc2cc(-c3ccccc3)nn2c1C. The van der Waals surface area contributed by atoms with Gasteiger partial charge in [0.25, 0.3) is 0 Å². The molecule has 3 aromatic rings. The number of aryl methyl sites for hydroxylation is 2. The maximum absolute atomic E-state index is 4.60. The monoisotopic (exact) mass is 223 g/mol. The molecule has 2 heterocycles. The minimum Gasteiger partial charge on any atom is -0.237 e. The minimum absolute atomic E-state index is 0.895. The molecule has 0 aliphatic rings. The van der Waals surface area contributed by atoms with E-state index in [-0.39, 0.29) is 0 Å². The van der Waals surface area contributed by atoms with Crippen LogP contribution < -0.4 is 0 Å². The molecular formula is C14H13N3. The van der Waals surface area contributed by atoms with Crippen LogP contribution in [0.5, 0.6) is 0 Å². The molecule has 0 fully saturated rings. The summed E-state index contributed by atoms with van der Waals surface area (Å²) >= 11 is 0. The fourth-order valence-corrected chi connectivity index (χ4v) is 1.88. The average Bonchev–Trinajstić information content (AvgIpc) is 2.80. The van der Waals surface area contributed by atoms with Crippen molar-refractivity contribution in [2.45, 2.75) is 13.8 Å². The number of rotatable bonds is 1. The number of nitrogens with zero attached hydrogens (tertiary/aromatic N) is 3. The van der Waals surface area contributed by atoms with E-state index in [4.69, 9.17) is 0 Å². The first kappa shape index (κ1) is 10.0. The molecule has 0 atom stereocenters. The zero-order valence-corrected chi connectivity index (χ0v) is 9.88. The molecule has 0 bridgehead atoms. The van der Waals surface area contributed by atoms with Gasteiger partial charge in [-0.15, -0.1) is 0 Å². The molecule has 84 valence electrons. The van der Waals surface area contributed by atoms with E-state index >= 15 is 0 Å². The Hall–Kier alpha value is -2.16. The van der Waals surface area contributed by atoms with Gasteiger partial charge in [-0.25, -0.2) is 9.50 Å². The first-order chi connectivity index (χ1) is 8.25. The van der Waals surface area contributed by atoms with Crippen molar-refractivity contribution in [3.63, 3.8) is 0 Å². The number of hydrogen-bond donors (Lipinski definition) is 0. The van der Waals surface area contributed by atoms with Crippen molar-refractivity contribution >= 4 is 5.65 Å². The smallest absolute Gasteiger partial charge is 0.155 e. The van der Waals surface area contributed by atoms with Crippen molar-refractivity contribution in [3.8, 4) is 11.3 Å². The summed E-state index contributed by atoms with van der Waals surface area (Å²) in [6.45, 7) is 4.11. The molecule has 3 heteroatoms. The first-order valence-electron chi connectivity index (χ1n) is 5.63. The predicted molar refractivity (Wildman–Crippen MR) is 67.9 cm³/mol. The number of aromatic nitrogens is 3. The molecule has 3 nitrogen and oxygen atoms in total. The van der Waals surface area contributed by atoms with Crippen LogP contribution in [0.15, 0.2) is 42.6 Å². The summed E-state index contributed by atoms with van der Waals surface area (Å²) in [7, 11) is 0. The van der Waals surface area contributed by atoms with Gasteiger partial charge in [-0.1, -0.05) is 30.3 Å². The molecule has 0 aliphatic carbocycles. The van der Waals surface area contributed by atoms with Gasteiger partial charge in [-0.05, 0) is 19.4 Å². The predicted octanol–water partition coefficient (Wildman–Crippen LogP) is 3.01. The summed E-state index contributed by atoms with van der Waals surface area (Å²) in [5.74, 6) is 0. The van der Waals surface area contributed by atoms with E-state index in [1.165, 1.54) is 0 Å². The van der Waals surface area contributed by atoms with Gasteiger partial charge in [0.2, 0.25) is 0 Å². The third kappa shape index (κ3) is 1.60. The summed E-state index contributed by atoms with van der Waals surface area (Å²) in [4.78, 5) is 4.39. The third-order valence-corrected chi connectivity index (χ3v) is 3.04. The lowest BCUT2D eigenvalue weighted by atomic mass is 10.2. The van der Waals surface area contributed by atoms with Crippen LogP contribution in [0, 0.1) is 13.8 Å². The second kappa shape index (κ2) is 3.70. The van der Waals surface area contributed by atoms with Crippen molar-refractivity contribution in [2.24, 2.45) is 0 Å². The van der Waals surface area contributed by atoms with E-state index in [2.05, 4.69) is 29.1 Å². The molecule has 0 spiro atoms. The molecule has 17 heavy (non-hydrogen) atoms. The van der Waals surface area contributed by atoms with Crippen LogP contribution in [-0.2, 0) is 0 Å². The van der Waals surface area contributed by atoms with Crippen LogP contribution in [0.1, 0.15) is 11.3 Å². The topological polar surface area (TPSA) is 30.2 Å². The van der Waals surface area contributed by atoms with Crippen LogP contribution in [-0.4, -0.2) is 14.6 Å². The Kier molecular flexibility index (Phi) is 2.18. The number of fused-ring (bicyclic) bond motifs is 1. The second-order valence-corrected chi connectivity index (χ2v) is 4.19. The largest absolute Gasteiger partial charge is 0.237 e. The minimum atomic E-state index is 0.895. The van der Waals surface area contributed by atoms with Gasteiger partial charge in [-0.2, -0.15) is 5.10 Å². The molecule has 0 radical (unpaired) electrons. The Morgan fingerprint density at radius 3 is 2.59 bits per heavy atom. The second-order valence-electron chi connectivity index (χ2n) is 4.19. The standard InChI is InChI=1S/C14H13N3/c1-10-9-15-14-8-13(16-17(14)11(10)2)12-6-4-3-5-7-12/h3-9H,1-2H3. The maximum atomic E-state index is 4.60. The van der Waals surface area contributed by atoms with Crippen molar-refractivity contribution < 1.29 is 0 Å². The van der Waals surface area contributed by atoms with E-state index in [1.54, 1.807) is 0 Å². The fourth-order valence-electron chi connectivity index (χ4n) is 1.88. The summed E-state index contributed by atoms with van der Waals surface area (Å²) in [5, 5.41) is 4.60. The van der Waals surface area contributed by atoms with E-state index in [1.807, 2.05) is 41.9 Å². The maximum Gasteiger partial charge on any atom is 0.155 e. The van der Waals surface area contributed by atoms with Crippen LogP contribution in [0.4, 0.5) is 0 Å². The summed E-state index contributed by atoms with van der Waals surface area (Å²) in [6.07, 6.45) is 1.89. The van der Waals surface area contributed by atoms with Gasteiger partial charge in [-0.3, -0.25) is 0 Å². The van der Waals surface area contributed by atoms with Gasteiger partial charge < -0.3 is 0 Å². The highest BCUT2D eigenvalue weighted by molar-refractivity contribution is 5.64. The number of hydrogen-bond acceptors (Lipinski definition) is 2. The molecule has 0 aliphatic heterocycles. The third-order valence-electron chi connectivity index (χ3n) is 3.04. The van der Waals surface area contributed by atoms with Crippen molar-refractivity contribution in [3.05, 3.63) is 53.9 Å². The van der Waals surface area contributed by atoms with Gasteiger partial charge in [0.15, 0.2) is 5.65 Å². The van der Waals surface area contributed by atoms with Gasteiger partial charge in [0.05, 0.1) is 5.69 Å². The summed E-state index contributed by atoms with van der Waals surface area (Å²) < 4.78 is 1.90. The van der Waals surface area contributed by atoms with E-state index < -0.39 is 0 Å². The van der Waals surface area contributed by atoms with Crippen molar-refractivity contribution in [1.29, 1.82) is 0 Å². The Bertz CT molecular complexity index is 669. The molecule has 2 aromatic heterocycles. The fraction of sp³-hybridized carbons (Fsp3) is 0.143. The molecule has 3 rings (SSSR count). The summed E-state index contributed by atoms with van der Waals surface area (Å²) in [6, 6.07) is 12.2. The molecule has 1 aromatic carbocycles. The first-order valence-corrected chi connectivity index (χ1v) is 5.63. The van der Waals surface area contributed by atoms with Crippen LogP contribution >= 0.6 is 0 Å². The Morgan fingerprint density at radius 2 is 1.82 bits per heavy atom. The van der Waals surface area contributed by atoms with Gasteiger partial charge in [0.1, 0.15) is 0 Å². The molecule has 0 amide bonds. The average molecular weight is 223 g/mol. The zero-order valence-electron chi connectivity index (χ0n) is 9.88.